The number of rotatable bonds is 4. The summed E-state index contributed by atoms with van der Waals surface area (Å²) >= 11 is 0. The van der Waals surface area contributed by atoms with Gasteiger partial charge in [-0.05, 0) is 31.2 Å². The first kappa shape index (κ1) is 13.5. The summed E-state index contributed by atoms with van der Waals surface area (Å²) in [7, 11) is 0. The van der Waals surface area contributed by atoms with Gasteiger partial charge in [-0.25, -0.2) is 0 Å². The summed E-state index contributed by atoms with van der Waals surface area (Å²) in [6.07, 6.45) is -4.36. The predicted octanol–water partition coefficient (Wildman–Crippen LogP) is 3.30. The molecule has 19 heavy (non-hydrogen) atoms. The van der Waals surface area contributed by atoms with Gasteiger partial charge in [-0.2, -0.15) is 13.2 Å². The molecule has 0 spiro atoms. The maximum atomic E-state index is 12.4. The largest absolute Gasteiger partial charge is 0.418 e. The summed E-state index contributed by atoms with van der Waals surface area (Å²) in [6.45, 7) is 3.54. The van der Waals surface area contributed by atoms with Gasteiger partial charge in [0.25, 0.3) is 0 Å². The van der Waals surface area contributed by atoms with E-state index >= 15 is 0 Å². The SMILES string of the molecule is CCO[CH]c1nnc(-c2ccc(C(F)(F)F)cc2)o1. The van der Waals surface area contributed by atoms with E-state index in [1.54, 1.807) is 6.92 Å². The molecule has 1 heterocycles. The minimum Gasteiger partial charge on any atom is -0.418 e. The fourth-order valence-corrected chi connectivity index (χ4v) is 1.36. The molecule has 0 amide bonds. The van der Waals surface area contributed by atoms with Crippen molar-refractivity contribution in [1.29, 1.82) is 0 Å². The Hall–Kier alpha value is -1.89. The molecule has 0 unspecified atom stereocenters. The summed E-state index contributed by atoms with van der Waals surface area (Å²) in [4.78, 5) is 0. The smallest absolute Gasteiger partial charge is 0.416 e. The van der Waals surface area contributed by atoms with E-state index in [0.29, 0.717) is 12.2 Å². The maximum Gasteiger partial charge on any atom is 0.416 e. The van der Waals surface area contributed by atoms with E-state index < -0.39 is 11.7 Å². The van der Waals surface area contributed by atoms with E-state index in [9.17, 15) is 13.2 Å². The Labute approximate surface area is 107 Å². The van der Waals surface area contributed by atoms with Crippen LogP contribution in [-0.2, 0) is 10.9 Å². The van der Waals surface area contributed by atoms with Crippen LogP contribution in [0.4, 0.5) is 13.2 Å². The second kappa shape index (κ2) is 5.40. The highest BCUT2D eigenvalue weighted by Gasteiger charge is 2.30. The van der Waals surface area contributed by atoms with Crippen LogP contribution < -0.4 is 0 Å². The molecule has 7 heteroatoms. The molecule has 1 radical (unpaired) electrons. The molecule has 101 valence electrons. The lowest BCUT2D eigenvalue weighted by Crippen LogP contribution is -2.03. The molecule has 0 fully saturated rings. The van der Waals surface area contributed by atoms with Gasteiger partial charge in [-0.15, -0.1) is 10.2 Å². The number of hydrogen-bond donors (Lipinski definition) is 0. The first-order valence-electron chi connectivity index (χ1n) is 5.46. The number of aromatic nitrogens is 2. The number of hydrogen-bond acceptors (Lipinski definition) is 4. The van der Waals surface area contributed by atoms with Gasteiger partial charge in [0.1, 0.15) is 0 Å². The minimum atomic E-state index is -4.36. The second-order valence-corrected chi connectivity index (χ2v) is 3.59. The van der Waals surface area contributed by atoms with Gasteiger partial charge in [0.05, 0.1) is 5.56 Å². The molecule has 1 aromatic carbocycles. The molecule has 0 N–H and O–H groups in total. The lowest BCUT2D eigenvalue weighted by Gasteiger charge is -2.05. The van der Waals surface area contributed by atoms with Gasteiger partial charge in [0.2, 0.25) is 11.8 Å². The predicted molar refractivity (Wildman–Crippen MR) is 59.8 cm³/mol. The van der Waals surface area contributed by atoms with Crippen LogP contribution in [0.5, 0.6) is 0 Å². The highest BCUT2D eigenvalue weighted by atomic mass is 19.4. The van der Waals surface area contributed by atoms with Crippen LogP contribution in [0.3, 0.4) is 0 Å². The molecule has 0 saturated heterocycles. The summed E-state index contributed by atoms with van der Waals surface area (Å²) in [5.41, 5.74) is -0.312. The van der Waals surface area contributed by atoms with E-state index in [-0.39, 0.29) is 11.8 Å². The van der Waals surface area contributed by atoms with Crippen molar-refractivity contribution in [1.82, 2.24) is 10.2 Å². The fourth-order valence-electron chi connectivity index (χ4n) is 1.36. The van der Waals surface area contributed by atoms with Gasteiger partial charge in [0.15, 0.2) is 6.61 Å². The standard InChI is InChI=1S/C12H10F3N2O2/c1-2-18-7-10-16-17-11(19-10)8-3-5-9(6-4-8)12(13,14)15/h3-7H,2H2,1H3. The minimum absolute atomic E-state index is 0.139. The molecule has 0 atom stereocenters. The second-order valence-electron chi connectivity index (χ2n) is 3.59. The Balaban J connectivity index is 2.16. The van der Waals surface area contributed by atoms with Crippen LogP contribution in [0.15, 0.2) is 28.7 Å². The average Bonchev–Trinajstić information content (AvgIpc) is 2.84. The lowest BCUT2D eigenvalue weighted by atomic mass is 10.1. The zero-order chi connectivity index (χ0) is 13.9. The fraction of sp³-hybridized carbons (Fsp3) is 0.250. The Morgan fingerprint density at radius 1 is 1.21 bits per heavy atom. The van der Waals surface area contributed by atoms with Crippen molar-refractivity contribution in [2.75, 3.05) is 6.61 Å². The Morgan fingerprint density at radius 3 is 2.47 bits per heavy atom. The van der Waals surface area contributed by atoms with Crippen molar-refractivity contribution in [3.63, 3.8) is 0 Å². The zero-order valence-electron chi connectivity index (χ0n) is 9.94. The molecular formula is C12H10F3N2O2. The summed E-state index contributed by atoms with van der Waals surface area (Å²) in [6, 6.07) is 4.48. The monoisotopic (exact) mass is 271 g/mol. The van der Waals surface area contributed by atoms with Gasteiger partial charge >= 0.3 is 6.18 Å². The number of benzene rings is 1. The normalized spacial score (nSPS) is 11.8. The van der Waals surface area contributed by atoms with Gasteiger partial charge in [-0.1, -0.05) is 0 Å². The van der Waals surface area contributed by atoms with E-state index in [1.807, 2.05) is 0 Å². The number of alkyl halides is 3. The Morgan fingerprint density at radius 2 is 1.89 bits per heavy atom. The third kappa shape index (κ3) is 3.31. The number of nitrogens with zero attached hydrogens (tertiary/aromatic N) is 2. The molecule has 0 aliphatic rings. The van der Waals surface area contributed by atoms with Crippen molar-refractivity contribution in [2.45, 2.75) is 13.1 Å². The van der Waals surface area contributed by atoms with Gasteiger partial charge in [0, 0.05) is 12.2 Å². The molecule has 0 saturated carbocycles. The van der Waals surface area contributed by atoms with Crippen LogP contribution in [0, 0.1) is 6.61 Å². The molecule has 2 aromatic rings. The third-order valence-corrected chi connectivity index (χ3v) is 2.25. The quantitative estimate of drug-likeness (QED) is 0.856. The van der Waals surface area contributed by atoms with Crippen molar-refractivity contribution in [3.05, 3.63) is 42.3 Å². The molecule has 4 nitrogen and oxygen atoms in total. The lowest BCUT2D eigenvalue weighted by molar-refractivity contribution is -0.137. The van der Waals surface area contributed by atoms with Crippen LogP contribution in [0.2, 0.25) is 0 Å². The molecule has 2 rings (SSSR count). The van der Waals surface area contributed by atoms with E-state index in [1.165, 1.54) is 18.7 Å². The third-order valence-electron chi connectivity index (χ3n) is 2.25. The van der Waals surface area contributed by atoms with E-state index in [2.05, 4.69) is 10.2 Å². The number of ether oxygens (including phenoxy) is 1. The first-order chi connectivity index (χ1) is 9.00. The number of halogens is 3. The highest BCUT2D eigenvalue weighted by molar-refractivity contribution is 5.53. The van der Waals surface area contributed by atoms with Crippen LogP contribution >= 0.6 is 0 Å². The van der Waals surface area contributed by atoms with Gasteiger partial charge in [-0.3, -0.25) is 0 Å². The molecule has 1 aromatic heterocycles. The van der Waals surface area contributed by atoms with Crippen LogP contribution in [0.25, 0.3) is 11.5 Å². The topological polar surface area (TPSA) is 48.2 Å². The van der Waals surface area contributed by atoms with Crippen molar-refractivity contribution < 1.29 is 22.3 Å². The highest BCUT2D eigenvalue weighted by Crippen LogP contribution is 2.30. The van der Waals surface area contributed by atoms with Gasteiger partial charge < -0.3 is 9.15 Å². The van der Waals surface area contributed by atoms with E-state index in [4.69, 9.17) is 9.15 Å². The molecule has 0 aliphatic heterocycles. The zero-order valence-corrected chi connectivity index (χ0v) is 9.94. The Kier molecular flexibility index (Phi) is 3.84. The van der Waals surface area contributed by atoms with Crippen molar-refractivity contribution >= 4 is 0 Å². The molecular weight excluding hydrogens is 261 g/mol. The van der Waals surface area contributed by atoms with Crippen molar-refractivity contribution in [3.8, 4) is 11.5 Å². The van der Waals surface area contributed by atoms with Crippen LogP contribution in [-0.4, -0.2) is 16.8 Å². The maximum absolute atomic E-state index is 12.4. The average molecular weight is 271 g/mol. The summed E-state index contributed by atoms with van der Waals surface area (Å²) in [5, 5.41) is 7.40. The molecule has 0 aliphatic carbocycles. The van der Waals surface area contributed by atoms with Crippen molar-refractivity contribution in [2.24, 2.45) is 0 Å². The summed E-state index contributed by atoms with van der Waals surface area (Å²) in [5.74, 6) is 0.302. The summed E-state index contributed by atoms with van der Waals surface area (Å²) < 4.78 is 47.4. The molecule has 0 bridgehead atoms. The first-order valence-corrected chi connectivity index (χ1v) is 5.46. The van der Waals surface area contributed by atoms with E-state index in [0.717, 1.165) is 12.1 Å². The van der Waals surface area contributed by atoms with Crippen LogP contribution in [0.1, 0.15) is 18.4 Å². The Bertz CT molecular complexity index is 535.